The van der Waals surface area contributed by atoms with E-state index < -0.39 is 0 Å². The molecule has 0 aliphatic heterocycles. The van der Waals surface area contributed by atoms with Gasteiger partial charge in [0.15, 0.2) is 0 Å². The quantitative estimate of drug-likeness (QED) is 0.673. The number of hydrogen-bond donors (Lipinski definition) is 1. The molecule has 2 aromatic rings. The summed E-state index contributed by atoms with van der Waals surface area (Å²) in [4.78, 5) is 12.0. The molecule has 0 saturated heterocycles. The summed E-state index contributed by atoms with van der Waals surface area (Å²) in [5.41, 5.74) is 2.30. The van der Waals surface area contributed by atoms with Gasteiger partial charge in [-0.05, 0) is 37.6 Å². The van der Waals surface area contributed by atoms with Gasteiger partial charge in [0.25, 0.3) is 5.91 Å². The standard InChI is InChI=1S/C17H17NO2/c1-13-8-6-7-11-16(13)20-12-14(2)17(19)18-15-9-4-3-5-10-15/h3-12H,1-2H3,(H,18,19)/b14-12+. The van der Waals surface area contributed by atoms with E-state index in [9.17, 15) is 4.79 Å². The number of ether oxygens (including phenoxy) is 1. The highest BCUT2D eigenvalue weighted by Gasteiger charge is 2.05. The van der Waals surface area contributed by atoms with Crippen LogP contribution in [-0.4, -0.2) is 5.91 Å². The van der Waals surface area contributed by atoms with Gasteiger partial charge in [-0.1, -0.05) is 36.4 Å². The summed E-state index contributed by atoms with van der Waals surface area (Å²) < 4.78 is 5.53. The normalized spacial score (nSPS) is 11.0. The Morgan fingerprint density at radius 2 is 1.70 bits per heavy atom. The molecule has 0 atom stereocenters. The Balaban J connectivity index is 2.00. The molecule has 102 valence electrons. The van der Waals surface area contributed by atoms with Crippen molar-refractivity contribution < 1.29 is 9.53 Å². The van der Waals surface area contributed by atoms with E-state index in [1.54, 1.807) is 6.92 Å². The first-order valence-corrected chi connectivity index (χ1v) is 6.42. The molecule has 1 amide bonds. The molecule has 3 heteroatoms. The van der Waals surface area contributed by atoms with Gasteiger partial charge < -0.3 is 10.1 Å². The maximum Gasteiger partial charge on any atom is 0.254 e. The largest absolute Gasteiger partial charge is 0.464 e. The highest BCUT2D eigenvalue weighted by Crippen LogP contribution is 2.17. The Morgan fingerprint density at radius 1 is 1.05 bits per heavy atom. The molecule has 0 heterocycles. The van der Waals surface area contributed by atoms with Crippen LogP contribution in [0.2, 0.25) is 0 Å². The van der Waals surface area contributed by atoms with E-state index in [-0.39, 0.29) is 5.91 Å². The van der Waals surface area contributed by atoms with Crippen LogP contribution in [0.15, 0.2) is 66.4 Å². The summed E-state index contributed by atoms with van der Waals surface area (Å²) in [6.45, 7) is 3.68. The third-order valence-corrected chi connectivity index (χ3v) is 2.85. The van der Waals surface area contributed by atoms with Crippen LogP contribution in [0.1, 0.15) is 12.5 Å². The van der Waals surface area contributed by atoms with Crippen molar-refractivity contribution in [1.29, 1.82) is 0 Å². The minimum absolute atomic E-state index is 0.176. The number of para-hydroxylation sites is 2. The Kier molecular flexibility index (Phi) is 4.56. The molecule has 0 aliphatic carbocycles. The summed E-state index contributed by atoms with van der Waals surface area (Å²) in [5, 5.41) is 2.81. The van der Waals surface area contributed by atoms with E-state index in [4.69, 9.17) is 4.74 Å². The maximum atomic E-state index is 12.0. The van der Waals surface area contributed by atoms with Crippen LogP contribution in [0.4, 0.5) is 5.69 Å². The van der Waals surface area contributed by atoms with Crippen LogP contribution in [0.5, 0.6) is 5.75 Å². The minimum Gasteiger partial charge on any atom is -0.464 e. The number of hydrogen-bond acceptors (Lipinski definition) is 2. The van der Waals surface area contributed by atoms with Gasteiger partial charge in [-0.2, -0.15) is 0 Å². The Hall–Kier alpha value is -2.55. The van der Waals surface area contributed by atoms with E-state index >= 15 is 0 Å². The molecule has 0 unspecified atom stereocenters. The van der Waals surface area contributed by atoms with Gasteiger partial charge >= 0.3 is 0 Å². The van der Waals surface area contributed by atoms with Gasteiger partial charge in [0.1, 0.15) is 5.75 Å². The van der Waals surface area contributed by atoms with E-state index in [1.807, 2.05) is 61.5 Å². The minimum atomic E-state index is -0.176. The average Bonchev–Trinajstić information content (AvgIpc) is 2.47. The number of anilines is 1. The van der Waals surface area contributed by atoms with Crippen LogP contribution < -0.4 is 10.1 Å². The predicted molar refractivity (Wildman–Crippen MR) is 80.6 cm³/mol. The predicted octanol–water partition coefficient (Wildman–Crippen LogP) is 3.92. The van der Waals surface area contributed by atoms with Crippen molar-refractivity contribution in [1.82, 2.24) is 0 Å². The summed E-state index contributed by atoms with van der Waals surface area (Å²) in [5.74, 6) is 0.573. The number of rotatable bonds is 4. The van der Waals surface area contributed by atoms with Crippen molar-refractivity contribution in [2.45, 2.75) is 13.8 Å². The first-order valence-electron chi connectivity index (χ1n) is 6.42. The molecule has 0 fully saturated rings. The molecule has 3 nitrogen and oxygen atoms in total. The molecule has 0 aromatic heterocycles. The molecular weight excluding hydrogens is 250 g/mol. The lowest BCUT2D eigenvalue weighted by atomic mass is 10.2. The number of carbonyl (C=O) groups excluding carboxylic acids is 1. The zero-order valence-corrected chi connectivity index (χ0v) is 11.6. The van der Waals surface area contributed by atoms with E-state index in [1.165, 1.54) is 6.26 Å². The topological polar surface area (TPSA) is 38.3 Å². The van der Waals surface area contributed by atoms with Crippen LogP contribution in [0.3, 0.4) is 0 Å². The lowest BCUT2D eigenvalue weighted by Crippen LogP contribution is -2.13. The second kappa shape index (κ2) is 6.57. The van der Waals surface area contributed by atoms with Crippen LogP contribution in [0.25, 0.3) is 0 Å². The summed E-state index contributed by atoms with van der Waals surface area (Å²) >= 11 is 0. The maximum absolute atomic E-state index is 12.0. The lowest BCUT2D eigenvalue weighted by molar-refractivity contribution is -0.112. The van der Waals surface area contributed by atoms with Crippen molar-refractivity contribution in [3.05, 3.63) is 72.0 Å². The fourth-order valence-corrected chi connectivity index (χ4v) is 1.65. The number of benzene rings is 2. The van der Waals surface area contributed by atoms with Gasteiger partial charge in [0.2, 0.25) is 0 Å². The Bertz CT molecular complexity index is 618. The van der Waals surface area contributed by atoms with Crippen molar-refractivity contribution in [3.8, 4) is 5.75 Å². The smallest absolute Gasteiger partial charge is 0.254 e. The van der Waals surface area contributed by atoms with Crippen molar-refractivity contribution in [2.75, 3.05) is 5.32 Å². The van der Waals surface area contributed by atoms with Crippen molar-refractivity contribution in [2.24, 2.45) is 0 Å². The molecule has 0 bridgehead atoms. The summed E-state index contributed by atoms with van der Waals surface area (Å²) in [7, 11) is 0. The molecule has 2 rings (SSSR count). The van der Waals surface area contributed by atoms with Gasteiger partial charge in [0.05, 0.1) is 6.26 Å². The zero-order valence-electron chi connectivity index (χ0n) is 11.6. The molecule has 1 N–H and O–H groups in total. The molecular formula is C17H17NO2. The summed E-state index contributed by atoms with van der Waals surface area (Å²) in [6, 6.07) is 17.0. The van der Waals surface area contributed by atoms with Crippen molar-refractivity contribution >= 4 is 11.6 Å². The molecule has 0 spiro atoms. The second-order valence-corrected chi connectivity index (χ2v) is 4.50. The average molecular weight is 267 g/mol. The SMILES string of the molecule is C/C(=C\Oc1ccccc1C)C(=O)Nc1ccccc1. The first-order chi connectivity index (χ1) is 9.66. The summed E-state index contributed by atoms with van der Waals surface area (Å²) in [6.07, 6.45) is 1.47. The number of carbonyl (C=O) groups is 1. The molecule has 0 saturated carbocycles. The molecule has 0 aliphatic rings. The first kappa shape index (κ1) is 13.9. The van der Waals surface area contributed by atoms with Gasteiger partial charge in [-0.25, -0.2) is 0 Å². The number of nitrogens with one attached hydrogen (secondary N) is 1. The fraction of sp³-hybridized carbons (Fsp3) is 0.118. The van der Waals surface area contributed by atoms with Gasteiger partial charge in [-0.15, -0.1) is 0 Å². The zero-order chi connectivity index (χ0) is 14.4. The fourth-order valence-electron chi connectivity index (χ4n) is 1.65. The van der Waals surface area contributed by atoms with E-state index in [2.05, 4.69) is 5.32 Å². The molecule has 20 heavy (non-hydrogen) atoms. The number of amides is 1. The van der Waals surface area contributed by atoms with E-state index in [0.29, 0.717) is 5.57 Å². The van der Waals surface area contributed by atoms with Crippen LogP contribution >= 0.6 is 0 Å². The molecule has 2 aromatic carbocycles. The third-order valence-electron chi connectivity index (χ3n) is 2.85. The van der Waals surface area contributed by atoms with E-state index in [0.717, 1.165) is 17.0 Å². The Morgan fingerprint density at radius 3 is 2.40 bits per heavy atom. The molecule has 0 radical (unpaired) electrons. The monoisotopic (exact) mass is 267 g/mol. The van der Waals surface area contributed by atoms with Crippen LogP contribution in [-0.2, 0) is 4.79 Å². The van der Waals surface area contributed by atoms with Crippen molar-refractivity contribution in [3.63, 3.8) is 0 Å². The third kappa shape index (κ3) is 3.72. The van der Waals surface area contributed by atoms with Gasteiger partial charge in [-0.3, -0.25) is 4.79 Å². The Labute approximate surface area is 118 Å². The van der Waals surface area contributed by atoms with Gasteiger partial charge in [0, 0.05) is 11.3 Å². The second-order valence-electron chi connectivity index (χ2n) is 4.50. The highest BCUT2D eigenvalue weighted by atomic mass is 16.5. The van der Waals surface area contributed by atoms with Crippen LogP contribution in [0, 0.1) is 6.92 Å². The number of aryl methyl sites for hydroxylation is 1. The lowest BCUT2D eigenvalue weighted by Gasteiger charge is -2.07. The highest BCUT2D eigenvalue weighted by molar-refractivity contribution is 6.03.